The van der Waals surface area contributed by atoms with Crippen LogP contribution in [0.5, 0.6) is 0 Å². The number of aliphatic hydroxyl groups excluding tert-OH is 1. The number of pyridine rings is 1. The van der Waals surface area contributed by atoms with Crippen molar-refractivity contribution in [3.8, 4) is 0 Å². The zero-order valence-corrected chi connectivity index (χ0v) is 15.9. The third-order valence-electron chi connectivity index (χ3n) is 5.64. The summed E-state index contributed by atoms with van der Waals surface area (Å²) < 4.78 is 1.89. The topological polar surface area (TPSA) is 74.2 Å². The minimum absolute atomic E-state index is 0.0718. The Hall–Kier alpha value is -2.44. The van der Waals surface area contributed by atoms with Crippen LogP contribution in [0.4, 0.5) is 0 Å². The van der Waals surface area contributed by atoms with E-state index in [2.05, 4.69) is 14.9 Å². The van der Waals surface area contributed by atoms with Crippen LogP contribution in [-0.2, 0) is 13.6 Å². The smallest absolute Gasteiger partial charge is 0.189 e. The first-order chi connectivity index (χ1) is 13.0. The van der Waals surface area contributed by atoms with Gasteiger partial charge in [-0.2, -0.15) is 0 Å². The van der Waals surface area contributed by atoms with Gasteiger partial charge >= 0.3 is 0 Å². The van der Waals surface area contributed by atoms with Crippen molar-refractivity contribution in [2.45, 2.75) is 32.4 Å². The lowest BCUT2D eigenvalue weighted by molar-refractivity contribution is 0.0489. The van der Waals surface area contributed by atoms with E-state index >= 15 is 0 Å². The molecule has 1 fully saturated rings. The number of nitrogens with one attached hydrogen (secondary N) is 1. The lowest BCUT2D eigenvalue weighted by atomic mass is 9.90. The Kier molecular flexibility index (Phi) is 4.85. The fourth-order valence-corrected chi connectivity index (χ4v) is 4.04. The maximum Gasteiger partial charge on any atom is 0.189 e. The SMILES string of the molecule is Cc1ccc2[nH]c(CN3CCC([C@H](O)c4nccn4C)CC3)cc(=O)c2c1. The molecule has 1 aromatic carbocycles. The van der Waals surface area contributed by atoms with E-state index in [1.165, 1.54) is 0 Å². The van der Waals surface area contributed by atoms with Crippen LogP contribution in [0.15, 0.2) is 41.5 Å². The average Bonchev–Trinajstić information content (AvgIpc) is 3.08. The van der Waals surface area contributed by atoms with Crippen molar-refractivity contribution >= 4 is 10.9 Å². The van der Waals surface area contributed by atoms with Crippen LogP contribution in [-0.4, -0.2) is 37.6 Å². The number of aromatic amines is 1. The molecule has 6 heteroatoms. The van der Waals surface area contributed by atoms with E-state index < -0.39 is 6.10 Å². The number of aromatic nitrogens is 3. The number of benzene rings is 1. The second-order valence-corrected chi connectivity index (χ2v) is 7.66. The number of fused-ring (bicyclic) bond motifs is 1. The third-order valence-corrected chi connectivity index (χ3v) is 5.64. The van der Waals surface area contributed by atoms with Gasteiger partial charge in [0, 0.05) is 48.6 Å². The number of piperidine rings is 1. The normalized spacial score (nSPS) is 17.4. The van der Waals surface area contributed by atoms with Crippen LogP contribution in [0.3, 0.4) is 0 Å². The number of hydrogen-bond acceptors (Lipinski definition) is 4. The molecule has 3 heterocycles. The summed E-state index contributed by atoms with van der Waals surface area (Å²) in [6.07, 6.45) is 4.92. The minimum atomic E-state index is -0.518. The van der Waals surface area contributed by atoms with Crippen molar-refractivity contribution in [2.24, 2.45) is 13.0 Å². The molecule has 1 atom stereocenters. The number of aliphatic hydroxyl groups is 1. The molecule has 1 saturated heterocycles. The lowest BCUT2D eigenvalue weighted by Crippen LogP contribution is -2.36. The van der Waals surface area contributed by atoms with Crippen molar-refractivity contribution < 1.29 is 5.11 Å². The predicted molar refractivity (Wildman–Crippen MR) is 105 cm³/mol. The molecule has 0 bridgehead atoms. The van der Waals surface area contributed by atoms with Crippen LogP contribution in [0, 0.1) is 12.8 Å². The fraction of sp³-hybridized carbons (Fsp3) is 0.429. The molecule has 2 aromatic heterocycles. The minimum Gasteiger partial charge on any atom is -0.385 e. The molecule has 0 unspecified atom stereocenters. The van der Waals surface area contributed by atoms with Gasteiger partial charge in [-0.3, -0.25) is 9.69 Å². The summed E-state index contributed by atoms with van der Waals surface area (Å²) in [5.74, 6) is 0.962. The molecule has 0 amide bonds. The number of likely N-dealkylation sites (tertiary alicyclic amines) is 1. The number of imidazole rings is 1. The molecule has 27 heavy (non-hydrogen) atoms. The molecule has 1 aliphatic rings. The van der Waals surface area contributed by atoms with Crippen molar-refractivity contribution in [2.75, 3.05) is 13.1 Å². The van der Waals surface area contributed by atoms with Gasteiger partial charge in [0.25, 0.3) is 0 Å². The maximum atomic E-state index is 12.4. The predicted octanol–water partition coefficient (Wildman–Crippen LogP) is 2.52. The number of H-pyrrole nitrogens is 1. The lowest BCUT2D eigenvalue weighted by Gasteiger charge is -2.33. The highest BCUT2D eigenvalue weighted by Crippen LogP contribution is 2.30. The first-order valence-electron chi connectivity index (χ1n) is 9.51. The third kappa shape index (κ3) is 3.68. The van der Waals surface area contributed by atoms with Gasteiger partial charge in [-0.05, 0) is 50.9 Å². The van der Waals surface area contributed by atoms with E-state index in [0.29, 0.717) is 0 Å². The summed E-state index contributed by atoms with van der Waals surface area (Å²) in [6.45, 7) is 4.53. The van der Waals surface area contributed by atoms with E-state index in [-0.39, 0.29) is 11.3 Å². The molecule has 0 spiro atoms. The Morgan fingerprint density at radius 2 is 2.07 bits per heavy atom. The fourth-order valence-electron chi connectivity index (χ4n) is 4.04. The molecule has 0 radical (unpaired) electrons. The standard InChI is InChI=1S/C21H26N4O2/c1-14-3-4-18-17(11-14)19(26)12-16(23-18)13-25-8-5-15(6-9-25)20(27)21-22-7-10-24(21)2/h3-4,7,10-12,15,20,27H,5-6,8-9,13H2,1-2H3,(H,23,26)/t20-/m0/s1. The van der Waals surface area contributed by atoms with Crippen molar-refractivity contribution in [3.05, 3.63) is 64.0 Å². The summed E-state index contributed by atoms with van der Waals surface area (Å²) in [5.41, 5.74) is 3.00. The van der Waals surface area contributed by atoms with Crippen LogP contribution in [0.2, 0.25) is 0 Å². The first-order valence-corrected chi connectivity index (χ1v) is 9.51. The highest BCUT2D eigenvalue weighted by Gasteiger charge is 2.28. The van der Waals surface area contributed by atoms with Crippen LogP contribution in [0.25, 0.3) is 10.9 Å². The Labute approximate surface area is 158 Å². The van der Waals surface area contributed by atoms with Gasteiger partial charge in [0.05, 0.1) is 0 Å². The van der Waals surface area contributed by atoms with Gasteiger partial charge in [-0.25, -0.2) is 4.98 Å². The highest BCUT2D eigenvalue weighted by atomic mass is 16.3. The monoisotopic (exact) mass is 366 g/mol. The quantitative estimate of drug-likeness (QED) is 0.744. The molecular weight excluding hydrogens is 340 g/mol. The molecule has 4 rings (SSSR count). The van der Waals surface area contributed by atoms with E-state index in [0.717, 1.165) is 60.5 Å². The van der Waals surface area contributed by atoms with Gasteiger partial charge in [0.1, 0.15) is 11.9 Å². The number of rotatable bonds is 4. The van der Waals surface area contributed by atoms with E-state index in [1.807, 2.05) is 42.9 Å². The van der Waals surface area contributed by atoms with Crippen LogP contribution < -0.4 is 5.43 Å². The van der Waals surface area contributed by atoms with Crippen molar-refractivity contribution in [1.29, 1.82) is 0 Å². The first kappa shape index (κ1) is 17.9. The van der Waals surface area contributed by atoms with Gasteiger partial charge in [0.2, 0.25) is 0 Å². The highest BCUT2D eigenvalue weighted by molar-refractivity contribution is 5.79. The van der Waals surface area contributed by atoms with Gasteiger partial charge in [-0.15, -0.1) is 0 Å². The summed E-state index contributed by atoms with van der Waals surface area (Å²) >= 11 is 0. The zero-order chi connectivity index (χ0) is 19.0. The van der Waals surface area contributed by atoms with Crippen LogP contribution >= 0.6 is 0 Å². The van der Waals surface area contributed by atoms with Crippen LogP contribution in [0.1, 0.15) is 36.0 Å². The molecule has 142 valence electrons. The van der Waals surface area contributed by atoms with Gasteiger partial charge in [-0.1, -0.05) is 11.6 Å². The Balaban J connectivity index is 1.42. The Bertz CT molecular complexity index is 999. The van der Waals surface area contributed by atoms with Crippen molar-refractivity contribution in [1.82, 2.24) is 19.4 Å². The van der Waals surface area contributed by atoms with E-state index in [4.69, 9.17) is 0 Å². The van der Waals surface area contributed by atoms with Crippen molar-refractivity contribution in [3.63, 3.8) is 0 Å². The summed E-state index contributed by atoms with van der Waals surface area (Å²) in [5, 5.41) is 11.4. The molecule has 3 aromatic rings. The summed E-state index contributed by atoms with van der Waals surface area (Å²) in [7, 11) is 1.91. The van der Waals surface area contributed by atoms with Gasteiger partial charge < -0.3 is 14.7 Å². The van der Waals surface area contributed by atoms with E-state index in [9.17, 15) is 9.90 Å². The molecule has 2 N–H and O–H groups in total. The largest absolute Gasteiger partial charge is 0.385 e. The number of aryl methyl sites for hydroxylation is 2. The number of hydrogen-bond donors (Lipinski definition) is 2. The number of nitrogens with zero attached hydrogens (tertiary/aromatic N) is 3. The molecular formula is C21H26N4O2. The molecule has 1 aliphatic heterocycles. The summed E-state index contributed by atoms with van der Waals surface area (Å²) in [6, 6.07) is 7.65. The van der Waals surface area contributed by atoms with E-state index in [1.54, 1.807) is 12.3 Å². The maximum absolute atomic E-state index is 12.4. The average molecular weight is 366 g/mol. The molecule has 0 saturated carbocycles. The van der Waals surface area contributed by atoms with Gasteiger partial charge in [0.15, 0.2) is 5.43 Å². The Morgan fingerprint density at radius 1 is 1.30 bits per heavy atom. The second kappa shape index (κ2) is 7.29. The summed E-state index contributed by atoms with van der Waals surface area (Å²) in [4.78, 5) is 22.4. The Morgan fingerprint density at radius 3 is 2.78 bits per heavy atom. The zero-order valence-electron chi connectivity index (χ0n) is 15.9. The second-order valence-electron chi connectivity index (χ2n) is 7.66. The molecule has 0 aliphatic carbocycles. The molecule has 6 nitrogen and oxygen atoms in total.